The highest BCUT2D eigenvalue weighted by Gasteiger charge is 2.59. The van der Waals surface area contributed by atoms with E-state index in [1.807, 2.05) is 0 Å². The molecule has 0 aromatic heterocycles. The molecule has 0 heteroatoms. The van der Waals surface area contributed by atoms with Gasteiger partial charge in [-0.2, -0.15) is 0 Å². The molecule has 0 nitrogen and oxygen atoms in total. The third kappa shape index (κ3) is 0.513. The Kier molecular flexibility index (Phi) is 0.898. The van der Waals surface area contributed by atoms with Gasteiger partial charge in [0.1, 0.15) is 0 Å². The first-order valence-corrected chi connectivity index (χ1v) is 4.90. The number of rotatable bonds is 0. The molecular weight excluding hydrogens is 132 g/mol. The van der Waals surface area contributed by atoms with Crippen LogP contribution in [0, 0.1) is 29.1 Å². The largest absolute Gasteiger partial charge is 0.0848 e. The van der Waals surface area contributed by atoms with Crippen LogP contribution >= 0.6 is 0 Å². The molecule has 0 aromatic rings. The van der Waals surface area contributed by atoms with Crippen LogP contribution in [0.2, 0.25) is 0 Å². The summed E-state index contributed by atoms with van der Waals surface area (Å²) in [6, 6.07) is 0. The van der Waals surface area contributed by atoms with Crippen LogP contribution in [0.4, 0.5) is 0 Å². The fourth-order valence-corrected chi connectivity index (χ4v) is 3.92. The lowest BCUT2D eigenvalue weighted by atomic mass is 9.70. The molecule has 3 aliphatic rings. The van der Waals surface area contributed by atoms with Gasteiger partial charge in [0, 0.05) is 0 Å². The molecule has 2 unspecified atom stereocenters. The Morgan fingerprint density at radius 1 is 1.36 bits per heavy atom. The lowest BCUT2D eigenvalue weighted by molar-refractivity contribution is 0.181. The summed E-state index contributed by atoms with van der Waals surface area (Å²) in [4.78, 5) is 0. The van der Waals surface area contributed by atoms with E-state index >= 15 is 0 Å². The van der Waals surface area contributed by atoms with Crippen LogP contribution < -0.4 is 0 Å². The van der Waals surface area contributed by atoms with Gasteiger partial charge < -0.3 is 0 Å². The molecule has 0 amide bonds. The van der Waals surface area contributed by atoms with E-state index in [0.29, 0.717) is 5.41 Å². The number of hydrogen-bond donors (Lipinski definition) is 0. The minimum Gasteiger partial charge on any atom is -0.0848 e. The highest BCUT2D eigenvalue weighted by Crippen LogP contribution is 2.67. The first-order valence-electron chi connectivity index (χ1n) is 4.90. The summed E-state index contributed by atoms with van der Waals surface area (Å²) in [6.45, 7) is 4.95. The minimum absolute atomic E-state index is 0.698. The van der Waals surface area contributed by atoms with Gasteiger partial charge in [-0.05, 0) is 41.9 Å². The van der Waals surface area contributed by atoms with Crippen molar-refractivity contribution >= 4 is 0 Å². The van der Waals surface area contributed by atoms with E-state index in [4.69, 9.17) is 0 Å². The van der Waals surface area contributed by atoms with Gasteiger partial charge in [-0.15, -0.1) is 0 Å². The number of allylic oxidation sites excluding steroid dienone is 2. The van der Waals surface area contributed by atoms with Crippen LogP contribution in [0.3, 0.4) is 0 Å². The Morgan fingerprint density at radius 2 is 2.18 bits per heavy atom. The lowest BCUT2D eigenvalue weighted by Gasteiger charge is -2.34. The molecule has 5 atom stereocenters. The van der Waals surface area contributed by atoms with Crippen molar-refractivity contribution in [2.45, 2.75) is 26.7 Å². The van der Waals surface area contributed by atoms with E-state index in [1.54, 1.807) is 0 Å². The molecule has 60 valence electrons. The maximum Gasteiger partial charge on any atom is -0.0143 e. The first-order chi connectivity index (χ1) is 5.22. The van der Waals surface area contributed by atoms with Crippen LogP contribution in [-0.2, 0) is 0 Å². The van der Waals surface area contributed by atoms with E-state index in [2.05, 4.69) is 26.0 Å². The van der Waals surface area contributed by atoms with Crippen molar-refractivity contribution in [2.24, 2.45) is 29.1 Å². The summed E-state index contributed by atoms with van der Waals surface area (Å²) in [5, 5.41) is 0. The third-order valence-corrected chi connectivity index (χ3v) is 4.77. The highest BCUT2D eigenvalue weighted by atomic mass is 14.6. The summed E-state index contributed by atoms with van der Waals surface area (Å²) in [5.41, 5.74) is 0.698. The van der Waals surface area contributed by atoms with Gasteiger partial charge in [0.15, 0.2) is 0 Å². The van der Waals surface area contributed by atoms with E-state index in [0.717, 1.165) is 23.7 Å². The molecule has 0 radical (unpaired) electrons. The van der Waals surface area contributed by atoms with Crippen molar-refractivity contribution in [3.8, 4) is 0 Å². The molecule has 4 bridgehead atoms. The summed E-state index contributed by atoms with van der Waals surface area (Å²) in [6.07, 6.45) is 7.96. The van der Waals surface area contributed by atoms with Gasteiger partial charge in [-0.25, -0.2) is 0 Å². The quantitative estimate of drug-likeness (QED) is 0.463. The Bertz CT molecular complexity index is 228. The molecule has 3 aliphatic carbocycles. The van der Waals surface area contributed by atoms with Gasteiger partial charge in [-0.1, -0.05) is 26.0 Å². The summed E-state index contributed by atoms with van der Waals surface area (Å²) in [7, 11) is 0. The van der Waals surface area contributed by atoms with Gasteiger partial charge in [0.2, 0.25) is 0 Å². The van der Waals surface area contributed by atoms with Crippen LogP contribution in [0.1, 0.15) is 26.7 Å². The van der Waals surface area contributed by atoms with E-state index in [9.17, 15) is 0 Å². The molecule has 0 aromatic carbocycles. The summed E-state index contributed by atoms with van der Waals surface area (Å²) < 4.78 is 0. The monoisotopic (exact) mass is 148 g/mol. The van der Waals surface area contributed by atoms with Crippen LogP contribution in [-0.4, -0.2) is 0 Å². The van der Waals surface area contributed by atoms with Gasteiger partial charge in [0.05, 0.1) is 0 Å². The van der Waals surface area contributed by atoms with E-state index in [1.165, 1.54) is 12.8 Å². The molecule has 0 N–H and O–H groups in total. The fraction of sp³-hybridized carbons (Fsp3) is 0.818. The second kappa shape index (κ2) is 1.57. The third-order valence-electron chi connectivity index (χ3n) is 4.77. The molecule has 0 heterocycles. The topological polar surface area (TPSA) is 0 Å². The molecule has 0 saturated heterocycles. The van der Waals surface area contributed by atoms with Gasteiger partial charge in [0.25, 0.3) is 0 Å². The van der Waals surface area contributed by atoms with Crippen LogP contribution in [0.5, 0.6) is 0 Å². The zero-order chi connectivity index (χ0) is 7.64. The van der Waals surface area contributed by atoms with Crippen molar-refractivity contribution in [3.05, 3.63) is 12.2 Å². The molecule has 2 saturated carbocycles. The minimum atomic E-state index is 0.698. The van der Waals surface area contributed by atoms with Crippen LogP contribution in [0.15, 0.2) is 12.2 Å². The van der Waals surface area contributed by atoms with Crippen molar-refractivity contribution in [1.82, 2.24) is 0 Å². The predicted molar refractivity (Wildman–Crippen MR) is 46.1 cm³/mol. The smallest absolute Gasteiger partial charge is 0.0143 e. The van der Waals surface area contributed by atoms with Crippen molar-refractivity contribution in [3.63, 3.8) is 0 Å². The molecule has 3 rings (SSSR count). The standard InChI is InChI=1S/C11H16/c1-7-5-9-8-3-4-10(9)11(7,2)6-8/h3-4,7-10H,5-6H2,1-2H3/t7-,8-,9?,10+,11?/m0/s1. The molecule has 11 heavy (non-hydrogen) atoms. The fourth-order valence-electron chi connectivity index (χ4n) is 3.92. The second-order valence-electron chi connectivity index (χ2n) is 5.09. The Balaban J connectivity index is 2.10. The average molecular weight is 148 g/mol. The highest BCUT2D eigenvalue weighted by molar-refractivity contribution is 5.23. The number of hydrogen-bond acceptors (Lipinski definition) is 0. The van der Waals surface area contributed by atoms with Crippen molar-refractivity contribution in [1.29, 1.82) is 0 Å². The molecular formula is C11H16. The van der Waals surface area contributed by atoms with E-state index < -0.39 is 0 Å². The molecule has 0 aliphatic heterocycles. The normalized spacial score (nSPS) is 64.5. The van der Waals surface area contributed by atoms with E-state index in [-0.39, 0.29) is 0 Å². The molecule has 2 fully saturated rings. The molecule has 0 spiro atoms. The maximum absolute atomic E-state index is 2.51. The van der Waals surface area contributed by atoms with Crippen molar-refractivity contribution < 1.29 is 0 Å². The van der Waals surface area contributed by atoms with Crippen molar-refractivity contribution in [2.75, 3.05) is 0 Å². The average Bonchev–Trinajstić information content (AvgIpc) is 2.50. The summed E-state index contributed by atoms with van der Waals surface area (Å²) >= 11 is 0. The SMILES string of the molecule is C[C@H]1CC2[C@H]3C=C[C@H]2CC31C. The second-order valence-corrected chi connectivity index (χ2v) is 5.09. The maximum atomic E-state index is 2.51. The predicted octanol–water partition coefficient (Wildman–Crippen LogP) is 2.85. The van der Waals surface area contributed by atoms with Crippen LogP contribution in [0.25, 0.3) is 0 Å². The zero-order valence-electron chi connectivity index (χ0n) is 7.38. The Labute approximate surface area is 68.7 Å². The Morgan fingerprint density at radius 3 is 2.73 bits per heavy atom. The first kappa shape index (κ1) is 6.28. The zero-order valence-corrected chi connectivity index (χ0v) is 7.38. The summed E-state index contributed by atoms with van der Waals surface area (Å²) in [5.74, 6) is 3.97. The van der Waals surface area contributed by atoms with Gasteiger partial charge in [-0.3, -0.25) is 0 Å². The van der Waals surface area contributed by atoms with Gasteiger partial charge >= 0.3 is 0 Å². The Hall–Kier alpha value is -0.260. The lowest BCUT2D eigenvalue weighted by Crippen LogP contribution is -2.26.